The predicted octanol–water partition coefficient (Wildman–Crippen LogP) is 4.99. The van der Waals surface area contributed by atoms with Crippen LogP contribution in [0.15, 0.2) is 23.6 Å². The summed E-state index contributed by atoms with van der Waals surface area (Å²) in [7, 11) is 0. The quantitative estimate of drug-likeness (QED) is 0.471. The fourth-order valence-corrected chi connectivity index (χ4v) is 3.51. The van der Waals surface area contributed by atoms with Crippen LogP contribution >= 0.6 is 23.4 Å². The lowest BCUT2D eigenvalue weighted by molar-refractivity contribution is -0.141. The summed E-state index contributed by atoms with van der Waals surface area (Å²) in [4.78, 5) is 24.8. The number of halogens is 4. The van der Waals surface area contributed by atoms with Crippen molar-refractivity contribution >= 4 is 29.5 Å². The summed E-state index contributed by atoms with van der Waals surface area (Å²) in [6.45, 7) is 5.96. The number of amides is 1. The van der Waals surface area contributed by atoms with Gasteiger partial charge in [-0.1, -0.05) is 23.4 Å². The third kappa shape index (κ3) is 5.71. The fraction of sp³-hybridized carbons (Fsp3) is 0.412. The maximum Gasteiger partial charge on any atom is 0.433 e. The molecule has 2 heterocycles. The predicted molar refractivity (Wildman–Crippen MR) is 99.5 cm³/mol. The molecule has 0 N–H and O–H groups in total. The van der Waals surface area contributed by atoms with Gasteiger partial charge in [-0.05, 0) is 31.9 Å². The van der Waals surface area contributed by atoms with Crippen molar-refractivity contribution in [2.45, 2.75) is 37.9 Å². The first-order valence-corrected chi connectivity index (χ1v) is 9.66. The highest BCUT2D eigenvalue weighted by molar-refractivity contribution is 7.98. The van der Waals surface area contributed by atoms with E-state index in [0.29, 0.717) is 29.7 Å². The Labute approximate surface area is 169 Å². The highest BCUT2D eigenvalue weighted by atomic mass is 35.5. The molecule has 6 nitrogen and oxygen atoms in total. The van der Waals surface area contributed by atoms with Crippen LogP contribution < -0.4 is 4.74 Å². The largest absolute Gasteiger partial charge is 0.433 e. The Balaban J connectivity index is 2.29. The smallest absolute Gasteiger partial charge is 0.391 e. The maximum atomic E-state index is 13.2. The summed E-state index contributed by atoms with van der Waals surface area (Å²) in [5.41, 5.74) is 0.314. The van der Waals surface area contributed by atoms with Crippen LogP contribution in [0.25, 0.3) is 0 Å². The lowest BCUT2D eigenvalue weighted by atomic mass is 10.2. The minimum atomic E-state index is -4.71. The minimum Gasteiger partial charge on any atom is -0.391 e. The van der Waals surface area contributed by atoms with Crippen LogP contribution in [-0.4, -0.2) is 39.0 Å². The third-order valence-corrected chi connectivity index (χ3v) is 4.95. The fourth-order valence-electron chi connectivity index (χ4n) is 2.18. The van der Waals surface area contributed by atoms with Gasteiger partial charge in [-0.15, -0.1) is 0 Å². The van der Waals surface area contributed by atoms with Crippen molar-refractivity contribution in [2.24, 2.45) is 0 Å². The number of aromatic nitrogens is 3. The first kappa shape index (κ1) is 22.2. The summed E-state index contributed by atoms with van der Waals surface area (Å²) in [5, 5.41) is 0.220. The van der Waals surface area contributed by atoms with E-state index in [0.717, 1.165) is 17.3 Å². The third-order valence-electron chi connectivity index (χ3n) is 3.75. The highest BCUT2D eigenvalue weighted by Gasteiger charge is 2.34. The second-order valence-corrected chi connectivity index (χ2v) is 6.97. The number of carbonyl (C=O) groups excluding carboxylic acids is 1. The molecule has 0 bridgehead atoms. The number of nitrogens with zero attached hydrogens (tertiary/aromatic N) is 4. The molecule has 0 aliphatic carbocycles. The van der Waals surface area contributed by atoms with Gasteiger partial charge >= 0.3 is 12.3 Å². The Morgan fingerprint density at radius 1 is 1.25 bits per heavy atom. The molecular formula is C17H18ClF3N4O2S. The number of carbonyl (C=O) groups is 1. The van der Waals surface area contributed by atoms with E-state index in [1.165, 1.54) is 11.1 Å². The normalized spacial score (nSPS) is 11.4. The Morgan fingerprint density at radius 3 is 2.50 bits per heavy atom. The number of hydrogen-bond donors (Lipinski definition) is 0. The van der Waals surface area contributed by atoms with E-state index in [4.69, 9.17) is 16.3 Å². The van der Waals surface area contributed by atoms with Crippen molar-refractivity contribution < 1.29 is 22.7 Å². The molecule has 28 heavy (non-hydrogen) atoms. The van der Waals surface area contributed by atoms with Crippen LogP contribution in [0.2, 0.25) is 5.02 Å². The van der Waals surface area contributed by atoms with Crippen molar-refractivity contribution in [1.82, 2.24) is 19.9 Å². The molecule has 0 spiro atoms. The minimum absolute atomic E-state index is 0.176. The molecule has 2 aromatic rings. The Kier molecular flexibility index (Phi) is 7.48. The lowest BCUT2D eigenvalue weighted by Gasteiger charge is -2.18. The summed E-state index contributed by atoms with van der Waals surface area (Å²) < 4.78 is 44.6. The first-order valence-electron chi connectivity index (χ1n) is 8.30. The molecule has 0 aromatic carbocycles. The SMILES string of the molecule is CCN(CC)C(=O)Oc1cc(C(F)(F)F)nc(SCc2c(C)cncc2Cl)n1. The van der Waals surface area contributed by atoms with Gasteiger partial charge in [0.1, 0.15) is 0 Å². The molecule has 2 rings (SSSR count). The molecule has 0 fully saturated rings. The molecule has 1 amide bonds. The summed E-state index contributed by atoms with van der Waals surface area (Å²) in [6, 6.07) is 0.607. The average Bonchev–Trinajstić information content (AvgIpc) is 2.61. The molecule has 2 aromatic heterocycles. The summed E-state index contributed by atoms with van der Waals surface area (Å²) >= 11 is 7.05. The van der Waals surface area contributed by atoms with E-state index in [-0.39, 0.29) is 10.9 Å². The maximum absolute atomic E-state index is 13.2. The van der Waals surface area contributed by atoms with Gasteiger partial charge in [-0.3, -0.25) is 4.98 Å². The zero-order chi connectivity index (χ0) is 20.9. The highest BCUT2D eigenvalue weighted by Crippen LogP contribution is 2.33. The standard InChI is InChI=1S/C17H18ClF3N4O2S/c1-4-25(5-2)16(26)27-14-6-13(17(19,20)21)23-15(24-14)28-9-11-10(3)7-22-8-12(11)18/h6-8H,4-5,9H2,1-3H3. The first-order chi connectivity index (χ1) is 13.2. The molecule has 0 aliphatic heterocycles. The second-order valence-electron chi connectivity index (χ2n) is 5.62. The van der Waals surface area contributed by atoms with Gasteiger partial charge < -0.3 is 9.64 Å². The van der Waals surface area contributed by atoms with Crippen molar-refractivity contribution in [3.63, 3.8) is 0 Å². The van der Waals surface area contributed by atoms with Crippen LogP contribution in [0.4, 0.5) is 18.0 Å². The van der Waals surface area contributed by atoms with Crippen LogP contribution in [-0.2, 0) is 11.9 Å². The Bertz CT molecular complexity index is 827. The van der Waals surface area contributed by atoms with E-state index >= 15 is 0 Å². The Hall–Kier alpha value is -2.07. The number of alkyl halides is 3. The molecule has 0 radical (unpaired) electrons. The summed E-state index contributed by atoms with van der Waals surface area (Å²) in [6.07, 6.45) is -2.43. The van der Waals surface area contributed by atoms with Crippen LogP contribution in [0.1, 0.15) is 30.7 Å². The zero-order valence-corrected chi connectivity index (χ0v) is 17.0. The number of thioether (sulfide) groups is 1. The zero-order valence-electron chi connectivity index (χ0n) is 15.4. The number of aryl methyl sites for hydroxylation is 1. The van der Waals surface area contributed by atoms with Gasteiger partial charge in [0.15, 0.2) is 10.9 Å². The van der Waals surface area contributed by atoms with E-state index in [2.05, 4.69) is 15.0 Å². The van der Waals surface area contributed by atoms with E-state index < -0.39 is 23.8 Å². The van der Waals surface area contributed by atoms with Crippen molar-refractivity contribution in [3.05, 3.63) is 40.3 Å². The number of hydrogen-bond acceptors (Lipinski definition) is 6. The van der Waals surface area contributed by atoms with Crippen molar-refractivity contribution in [3.8, 4) is 5.88 Å². The lowest BCUT2D eigenvalue weighted by Crippen LogP contribution is -2.33. The molecule has 11 heteroatoms. The van der Waals surface area contributed by atoms with E-state index in [9.17, 15) is 18.0 Å². The number of ether oxygens (including phenoxy) is 1. The molecule has 0 saturated carbocycles. The van der Waals surface area contributed by atoms with Gasteiger partial charge in [-0.2, -0.15) is 18.2 Å². The molecule has 152 valence electrons. The van der Waals surface area contributed by atoms with Gasteiger partial charge in [-0.25, -0.2) is 9.78 Å². The molecule has 0 saturated heterocycles. The Morgan fingerprint density at radius 2 is 1.93 bits per heavy atom. The molecule has 0 atom stereocenters. The molecule has 0 unspecified atom stereocenters. The molecule has 0 aliphatic rings. The monoisotopic (exact) mass is 434 g/mol. The topological polar surface area (TPSA) is 68.2 Å². The van der Waals surface area contributed by atoms with E-state index in [1.807, 2.05) is 0 Å². The van der Waals surface area contributed by atoms with Crippen LogP contribution in [0.5, 0.6) is 5.88 Å². The van der Waals surface area contributed by atoms with Crippen LogP contribution in [0, 0.1) is 6.92 Å². The molecular weight excluding hydrogens is 417 g/mol. The van der Waals surface area contributed by atoms with Gasteiger partial charge in [0, 0.05) is 37.3 Å². The van der Waals surface area contributed by atoms with Crippen molar-refractivity contribution in [1.29, 1.82) is 0 Å². The van der Waals surface area contributed by atoms with Crippen molar-refractivity contribution in [2.75, 3.05) is 13.1 Å². The van der Waals surface area contributed by atoms with Gasteiger partial charge in [0.2, 0.25) is 5.88 Å². The van der Waals surface area contributed by atoms with E-state index in [1.54, 1.807) is 27.0 Å². The van der Waals surface area contributed by atoms with Gasteiger partial charge in [0.25, 0.3) is 0 Å². The average molecular weight is 435 g/mol. The summed E-state index contributed by atoms with van der Waals surface area (Å²) in [5.74, 6) is -0.225. The number of rotatable bonds is 6. The second kappa shape index (κ2) is 9.42. The van der Waals surface area contributed by atoms with Gasteiger partial charge in [0.05, 0.1) is 5.02 Å². The number of pyridine rings is 1. The van der Waals surface area contributed by atoms with Crippen LogP contribution in [0.3, 0.4) is 0 Å².